The van der Waals surface area contributed by atoms with Gasteiger partial charge in [-0.15, -0.1) is 0 Å². The highest BCUT2D eigenvalue weighted by atomic mass is 19.1. The van der Waals surface area contributed by atoms with E-state index in [1.54, 1.807) is 18.7 Å². The number of benzene rings is 1. The van der Waals surface area contributed by atoms with Gasteiger partial charge in [0, 0.05) is 24.6 Å². The molecule has 0 saturated heterocycles. The number of aromatic nitrogens is 3. The number of hydrogen-bond donors (Lipinski definition) is 1. The van der Waals surface area contributed by atoms with Crippen molar-refractivity contribution in [2.75, 3.05) is 7.05 Å². The number of halogens is 2. The smallest absolute Gasteiger partial charge is 0.138 e. The molecule has 0 bridgehead atoms. The second-order valence-electron chi connectivity index (χ2n) is 5.04. The standard InChI is InChI=1S/C15H20F2N4/c1-4-7-21-13(19-9-20-21)8-12(18-3)14-11(16)6-5-10(2)15(14)17/h5-6,9,12,18H,4,7-8H2,1-3H3. The van der Waals surface area contributed by atoms with E-state index < -0.39 is 17.7 Å². The zero-order chi connectivity index (χ0) is 15.4. The molecule has 0 fully saturated rings. The van der Waals surface area contributed by atoms with Gasteiger partial charge in [-0.1, -0.05) is 13.0 Å². The maximum atomic E-state index is 14.3. The van der Waals surface area contributed by atoms with Crippen molar-refractivity contribution in [2.45, 2.75) is 39.3 Å². The minimum absolute atomic E-state index is 0.0588. The molecule has 114 valence electrons. The molecule has 1 aromatic carbocycles. The zero-order valence-electron chi connectivity index (χ0n) is 12.5. The lowest BCUT2D eigenvalue weighted by Crippen LogP contribution is -2.24. The molecule has 1 unspecified atom stereocenters. The first-order valence-corrected chi connectivity index (χ1v) is 7.06. The molecule has 1 atom stereocenters. The highest BCUT2D eigenvalue weighted by Crippen LogP contribution is 2.25. The van der Waals surface area contributed by atoms with Gasteiger partial charge in [-0.05, 0) is 32.0 Å². The minimum atomic E-state index is -0.543. The average Bonchev–Trinajstić information content (AvgIpc) is 2.90. The summed E-state index contributed by atoms with van der Waals surface area (Å²) in [4.78, 5) is 4.20. The van der Waals surface area contributed by atoms with Crippen molar-refractivity contribution in [3.8, 4) is 0 Å². The maximum absolute atomic E-state index is 14.3. The SMILES string of the molecule is CCCn1ncnc1CC(NC)c1c(F)ccc(C)c1F. The quantitative estimate of drug-likeness (QED) is 0.891. The first kappa shape index (κ1) is 15.6. The third kappa shape index (κ3) is 3.26. The summed E-state index contributed by atoms with van der Waals surface area (Å²) in [6.07, 6.45) is 2.78. The van der Waals surface area contributed by atoms with E-state index in [9.17, 15) is 8.78 Å². The predicted molar refractivity (Wildman–Crippen MR) is 76.9 cm³/mol. The Balaban J connectivity index is 2.32. The molecule has 1 aromatic heterocycles. The van der Waals surface area contributed by atoms with E-state index in [1.807, 2.05) is 6.92 Å². The highest BCUT2D eigenvalue weighted by Gasteiger charge is 2.22. The van der Waals surface area contributed by atoms with Gasteiger partial charge in [-0.2, -0.15) is 5.10 Å². The largest absolute Gasteiger partial charge is 0.312 e. The Morgan fingerprint density at radius 1 is 1.33 bits per heavy atom. The van der Waals surface area contributed by atoms with Crippen LogP contribution in [0.2, 0.25) is 0 Å². The van der Waals surface area contributed by atoms with Crippen LogP contribution in [-0.4, -0.2) is 21.8 Å². The van der Waals surface area contributed by atoms with Crippen LogP contribution in [0, 0.1) is 18.6 Å². The molecule has 0 aliphatic heterocycles. The maximum Gasteiger partial charge on any atom is 0.138 e. The van der Waals surface area contributed by atoms with Crippen molar-refractivity contribution < 1.29 is 8.78 Å². The van der Waals surface area contributed by atoms with E-state index in [0.717, 1.165) is 18.8 Å². The topological polar surface area (TPSA) is 42.7 Å². The Bertz CT molecular complexity index is 610. The summed E-state index contributed by atoms with van der Waals surface area (Å²) in [5, 5.41) is 7.11. The van der Waals surface area contributed by atoms with Crippen molar-refractivity contribution in [3.63, 3.8) is 0 Å². The second kappa shape index (κ2) is 6.76. The summed E-state index contributed by atoms with van der Waals surface area (Å²) in [5.74, 6) is -0.327. The molecule has 0 saturated carbocycles. The molecule has 1 N–H and O–H groups in total. The van der Waals surface area contributed by atoms with Gasteiger partial charge in [0.05, 0.1) is 0 Å². The zero-order valence-corrected chi connectivity index (χ0v) is 12.5. The number of hydrogen-bond acceptors (Lipinski definition) is 3. The van der Waals surface area contributed by atoms with Crippen molar-refractivity contribution in [1.29, 1.82) is 0 Å². The van der Waals surface area contributed by atoms with Gasteiger partial charge in [0.25, 0.3) is 0 Å². The molecule has 0 aliphatic carbocycles. The van der Waals surface area contributed by atoms with Crippen LogP contribution in [0.1, 0.15) is 36.3 Å². The van der Waals surface area contributed by atoms with Gasteiger partial charge in [0.1, 0.15) is 23.8 Å². The normalized spacial score (nSPS) is 12.6. The molecular formula is C15H20F2N4. The Morgan fingerprint density at radius 3 is 2.76 bits per heavy atom. The van der Waals surface area contributed by atoms with Crippen molar-refractivity contribution in [2.24, 2.45) is 0 Å². The number of nitrogens with zero attached hydrogens (tertiary/aromatic N) is 3. The summed E-state index contributed by atoms with van der Waals surface area (Å²) >= 11 is 0. The van der Waals surface area contributed by atoms with E-state index in [2.05, 4.69) is 15.4 Å². The molecule has 0 radical (unpaired) electrons. The fourth-order valence-electron chi connectivity index (χ4n) is 2.37. The van der Waals surface area contributed by atoms with Crippen LogP contribution >= 0.6 is 0 Å². The average molecular weight is 294 g/mol. The number of likely N-dealkylation sites (N-methyl/N-ethyl adjacent to an activating group) is 1. The summed E-state index contributed by atoms with van der Waals surface area (Å²) < 4.78 is 30.0. The number of rotatable bonds is 6. The van der Waals surface area contributed by atoms with Crippen LogP contribution in [0.25, 0.3) is 0 Å². The fourth-order valence-corrected chi connectivity index (χ4v) is 2.37. The summed E-state index contributed by atoms with van der Waals surface area (Å²) in [6.45, 7) is 4.41. The Labute approximate surface area is 123 Å². The lowest BCUT2D eigenvalue weighted by molar-refractivity contribution is 0.466. The second-order valence-corrected chi connectivity index (χ2v) is 5.04. The molecule has 0 aliphatic rings. The van der Waals surface area contributed by atoms with E-state index in [0.29, 0.717) is 12.0 Å². The van der Waals surface area contributed by atoms with Gasteiger partial charge >= 0.3 is 0 Å². The van der Waals surface area contributed by atoms with Crippen molar-refractivity contribution in [3.05, 3.63) is 47.0 Å². The number of aryl methyl sites for hydroxylation is 2. The Morgan fingerprint density at radius 2 is 2.10 bits per heavy atom. The van der Waals surface area contributed by atoms with Gasteiger partial charge in [-0.3, -0.25) is 4.68 Å². The van der Waals surface area contributed by atoms with E-state index in [4.69, 9.17) is 0 Å². The van der Waals surface area contributed by atoms with E-state index in [1.165, 1.54) is 18.5 Å². The molecule has 0 spiro atoms. The lowest BCUT2D eigenvalue weighted by Gasteiger charge is -2.19. The lowest BCUT2D eigenvalue weighted by atomic mass is 9.99. The molecule has 0 amide bonds. The molecule has 6 heteroatoms. The number of nitrogens with one attached hydrogen (secondary N) is 1. The molecule has 4 nitrogen and oxygen atoms in total. The van der Waals surface area contributed by atoms with Gasteiger partial charge < -0.3 is 5.32 Å². The Kier molecular flexibility index (Phi) is 5.01. The Hall–Kier alpha value is -1.82. The monoisotopic (exact) mass is 294 g/mol. The van der Waals surface area contributed by atoms with Crippen LogP contribution in [0.3, 0.4) is 0 Å². The summed E-state index contributed by atoms with van der Waals surface area (Å²) in [5.41, 5.74) is 0.491. The first-order chi connectivity index (χ1) is 10.1. The van der Waals surface area contributed by atoms with Crippen LogP contribution in [-0.2, 0) is 13.0 Å². The van der Waals surface area contributed by atoms with Gasteiger partial charge in [0.15, 0.2) is 0 Å². The van der Waals surface area contributed by atoms with E-state index >= 15 is 0 Å². The molecule has 1 heterocycles. The third-order valence-corrected chi connectivity index (χ3v) is 3.53. The van der Waals surface area contributed by atoms with Gasteiger partial charge in [0.2, 0.25) is 0 Å². The van der Waals surface area contributed by atoms with E-state index in [-0.39, 0.29) is 5.56 Å². The third-order valence-electron chi connectivity index (χ3n) is 3.53. The molecule has 21 heavy (non-hydrogen) atoms. The van der Waals surface area contributed by atoms with Crippen LogP contribution in [0.15, 0.2) is 18.5 Å². The minimum Gasteiger partial charge on any atom is -0.312 e. The molecule has 2 rings (SSSR count). The molecule has 2 aromatic rings. The summed E-state index contributed by atoms with van der Waals surface area (Å²) in [7, 11) is 1.69. The highest BCUT2D eigenvalue weighted by molar-refractivity contribution is 5.29. The fraction of sp³-hybridized carbons (Fsp3) is 0.467. The van der Waals surface area contributed by atoms with Crippen LogP contribution < -0.4 is 5.32 Å². The van der Waals surface area contributed by atoms with Crippen molar-refractivity contribution >= 4 is 0 Å². The van der Waals surface area contributed by atoms with Crippen LogP contribution in [0.4, 0.5) is 8.78 Å². The molecular weight excluding hydrogens is 274 g/mol. The van der Waals surface area contributed by atoms with Gasteiger partial charge in [-0.25, -0.2) is 13.8 Å². The first-order valence-electron chi connectivity index (χ1n) is 7.06. The predicted octanol–water partition coefficient (Wildman–Crippen LogP) is 2.78. The summed E-state index contributed by atoms with van der Waals surface area (Å²) in [6, 6.07) is 2.26. The van der Waals surface area contributed by atoms with Crippen LogP contribution in [0.5, 0.6) is 0 Å². The van der Waals surface area contributed by atoms with Crippen molar-refractivity contribution in [1.82, 2.24) is 20.1 Å².